The number of nitrogens with one attached hydrogen (secondary N) is 1. The SMILES string of the molecule is N#CC(C#N)CCCCc1cc[nH]c1O. The molecule has 0 bridgehead atoms. The van der Waals surface area contributed by atoms with Gasteiger partial charge in [-0.15, -0.1) is 0 Å². The Bertz CT molecular complexity index is 369. The van der Waals surface area contributed by atoms with Gasteiger partial charge in [-0.3, -0.25) is 0 Å². The van der Waals surface area contributed by atoms with Crippen LogP contribution in [0.3, 0.4) is 0 Å². The molecule has 0 fully saturated rings. The quantitative estimate of drug-likeness (QED) is 0.718. The van der Waals surface area contributed by atoms with Crippen molar-refractivity contribution in [2.24, 2.45) is 5.92 Å². The molecule has 4 heteroatoms. The van der Waals surface area contributed by atoms with Crippen LogP contribution in [0.5, 0.6) is 5.88 Å². The molecule has 0 saturated carbocycles. The van der Waals surface area contributed by atoms with Gasteiger partial charge in [0.15, 0.2) is 5.88 Å². The number of rotatable bonds is 5. The van der Waals surface area contributed by atoms with Gasteiger partial charge in [-0.2, -0.15) is 10.5 Å². The first kappa shape index (κ1) is 11.1. The van der Waals surface area contributed by atoms with E-state index in [4.69, 9.17) is 10.5 Å². The molecule has 15 heavy (non-hydrogen) atoms. The van der Waals surface area contributed by atoms with Crippen LogP contribution < -0.4 is 0 Å². The van der Waals surface area contributed by atoms with Crippen LogP contribution in [0.25, 0.3) is 0 Å². The highest BCUT2D eigenvalue weighted by molar-refractivity contribution is 5.24. The molecule has 0 aliphatic carbocycles. The normalized spacial score (nSPS) is 9.80. The van der Waals surface area contributed by atoms with Gasteiger partial charge in [-0.05, 0) is 25.3 Å². The molecular weight excluding hydrogens is 190 g/mol. The fourth-order valence-corrected chi connectivity index (χ4v) is 1.42. The Morgan fingerprint density at radius 2 is 2.07 bits per heavy atom. The van der Waals surface area contributed by atoms with Crippen molar-refractivity contribution >= 4 is 0 Å². The summed E-state index contributed by atoms with van der Waals surface area (Å²) in [4.78, 5) is 2.69. The Balaban J connectivity index is 2.21. The average molecular weight is 203 g/mol. The number of nitriles is 2. The molecule has 4 nitrogen and oxygen atoms in total. The Morgan fingerprint density at radius 3 is 2.60 bits per heavy atom. The molecule has 0 unspecified atom stereocenters. The molecule has 1 aromatic heterocycles. The molecule has 0 radical (unpaired) electrons. The van der Waals surface area contributed by atoms with Gasteiger partial charge in [-0.25, -0.2) is 0 Å². The van der Waals surface area contributed by atoms with E-state index in [0.29, 0.717) is 6.42 Å². The van der Waals surface area contributed by atoms with E-state index in [2.05, 4.69) is 4.98 Å². The zero-order valence-electron chi connectivity index (χ0n) is 8.40. The maximum absolute atomic E-state index is 9.29. The lowest BCUT2D eigenvalue weighted by Gasteiger charge is -2.00. The van der Waals surface area contributed by atoms with Gasteiger partial charge in [0.2, 0.25) is 0 Å². The van der Waals surface area contributed by atoms with Crippen molar-refractivity contribution in [2.75, 3.05) is 0 Å². The zero-order chi connectivity index (χ0) is 11.1. The van der Waals surface area contributed by atoms with Gasteiger partial charge in [0.05, 0.1) is 12.1 Å². The average Bonchev–Trinajstić information content (AvgIpc) is 2.65. The van der Waals surface area contributed by atoms with Crippen molar-refractivity contribution < 1.29 is 5.11 Å². The summed E-state index contributed by atoms with van der Waals surface area (Å²) < 4.78 is 0. The fraction of sp³-hybridized carbons (Fsp3) is 0.455. The number of aromatic hydroxyl groups is 1. The van der Waals surface area contributed by atoms with Gasteiger partial charge in [-0.1, -0.05) is 6.42 Å². The zero-order valence-corrected chi connectivity index (χ0v) is 8.40. The summed E-state index contributed by atoms with van der Waals surface area (Å²) in [5.74, 6) is -0.281. The molecule has 0 aromatic carbocycles. The number of nitrogens with zero attached hydrogens (tertiary/aromatic N) is 2. The third-order valence-electron chi connectivity index (χ3n) is 2.31. The summed E-state index contributed by atoms with van der Waals surface area (Å²) in [7, 11) is 0. The van der Waals surface area contributed by atoms with Crippen molar-refractivity contribution in [1.29, 1.82) is 10.5 Å². The Kier molecular flexibility index (Phi) is 4.25. The number of hydrogen-bond donors (Lipinski definition) is 2. The third-order valence-corrected chi connectivity index (χ3v) is 2.31. The minimum Gasteiger partial charge on any atom is -0.494 e. The lowest BCUT2D eigenvalue weighted by Crippen LogP contribution is -1.93. The van der Waals surface area contributed by atoms with E-state index in [0.717, 1.165) is 24.8 Å². The lowest BCUT2D eigenvalue weighted by molar-refractivity contribution is 0.448. The van der Waals surface area contributed by atoms with Crippen molar-refractivity contribution in [3.8, 4) is 18.0 Å². The van der Waals surface area contributed by atoms with Crippen LogP contribution in [0.1, 0.15) is 24.8 Å². The minimum atomic E-state index is -0.496. The molecular formula is C11H13N3O. The summed E-state index contributed by atoms with van der Waals surface area (Å²) in [5.41, 5.74) is 0.889. The summed E-state index contributed by atoms with van der Waals surface area (Å²) in [5, 5.41) is 26.4. The second kappa shape index (κ2) is 5.72. The largest absolute Gasteiger partial charge is 0.494 e. The standard InChI is InChI=1S/C11H13N3O/c12-7-9(8-13)3-1-2-4-10-5-6-14-11(10)15/h5-6,9,14-15H,1-4H2. The monoisotopic (exact) mass is 203 g/mol. The van der Waals surface area contributed by atoms with Crippen molar-refractivity contribution in [2.45, 2.75) is 25.7 Å². The van der Waals surface area contributed by atoms with E-state index in [9.17, 15) is 5.11 Å². The van der Waals surface area contributed by atoms with Crippen LogP contribution >= 0.6 is 0 Å². The second-order valence-electron chi connectivity index (χ2n) is 3.41. The van der Waals surface area contributed by atoms with E-state index >= 15 is 0 Å². The highest BCUT2D eigenvalue weighted by Gasteiger charge is 2.05. The van der Waals surface area contributed by atoms with Crippen LogP contribution in [-0.4, -0.2) is 10.1 Å². The van der Waals surface area contributed by atoms with Crippen molar-refractivity contribution in [1.82, 2.24) is 4.98 Å². The summed E-state index contributed by atoms with van der Waals surface area (Å²) >= 11 is 0. The van der Waals surface area contributed by atoms with Gasteiger partial charge >= 0.3 is 0 Å². The molecule has 1 rings (SSSR count). The molecule has 0 spiro atoms. The smallest absolute Gasteiger partial charge is 0.191 e. The fourth-order valence-electron chi connectivity index (χ4n) is 1.42. The van der Waals surface area contributed by atoms with Gasteiger partial charge in [0.25, 0.3) is 0 Å². The molecule has 0 atom stereocenters. The van der Waals surface area contributed by atoms with Crippen LogP contribution in [0.2, 0.25) is 0 Å². The van der Waals surface area contributed by atoms with Crippen molar-refractivity contribution in [3.05, 3.63) is 17.8 Å². The van der Waals surface area contributed by atoms with Crippen LogP contribution in [0, 0.1) is 28.6 Å². The maximum Gasteiger partial charge on any atom is 0.191 e. The predicted octanol–water partition coefficient (Wildman–Crippen LogP) is 2.10. The molecule has 0 amide bonds. The number of H-pyrrole nitrogens is 1. The first-order chi connectivity index (χ1) is 7.27. The number of aryl methyl sites for hydroxylation is 1. The molecule has 0 aliphatic heterocycles. The first-order valence-corrected chi connectivity index (χ1v) is 4.92. The summed E-state index contributed by atoms with van der Waals surface area (Å²) in [6.07, 6.45) is 4.79. The van der Waals surface area contributed by atoms with E-state index in [1.807, 2.05) is 18.2 Å². The second-order valence-corrected chi connectivity index (χ2v) is 3.41. The van der Waals surface area contributed by atoms with Gasteiger partial charge in [0.1, 0.15) is 5.92 Å². The van der Waals surface area contributed by atoms with Crippen LogP contribution in [0.15, 0.2) is 12.3 Å². The molecule has 1 heterocycles. The van der Waals surface area contributed by atoms with E-state index in [1.165, 1.54) is 0 Å². The van der Waals surface area contributed by atoms with Crippen LogP contribution in [0.4, 0.5) is 0 Å². The number of unbranched alkanes of at least 4 members (excludes halogenated alkanes) is 1. The maximum atomic E-state index is 9.29. The first-order valence-electron chi connectivity index (χ1n) is 4.92. The van der Waals surface area contributed by atoms with Crippen molar-refractivity contribution in [3.63, 3.8) is 0 Å². The number of aromatic nitrogens is 1. The lowest BCUT2D eigenvalue weighted by atomic mass is 10.0. The summed E-state index contributed by atoms with van der Waals surface area (Å²) in [6.45, 7) is 0. The Morgan fingerprint density at radius 1 is 1.33 bits per heavy atom. The molecule has 1 aromatic rings. The van der Waals surface area contributed by atoms with Gasteiger partial charge < -0.3 is 10.1 Å². The van der Waals surface area contributed by atoms with Gasteiger partial charge in [0, 0.05) is 11.8 Å². The molecule has 2 N–H and O–H groups in total. The highest BCUT2D eigenvalue weighted by atomic mass is 16.3. The topological polar surface area (TPSA) is 83.6 Å². The van der Waals surface area contributed by atoms with E-state index in [-0.39, 0.29) is 5.88 Å². The molecule has 0 saturated heterocycles. The number of hydrogen-bond acceptors (Lipinski definition) is 3. The summed E-state index contributed by atoms with van der Waals surface area (Å²) in [6, 6.07) is 5.71. The van der Waals surface area contributed by atoms with Crippen LogP contribution in [-0.2, 0) is 6.42 Å². The minimum absolute atomic E-state index is 0.215. The molecule has 78 valence electrons. The predicted molar refractivity (Wildman–Crippen MR) is 54.7 cm³/mol. The molecule has 0 aliphatic rings. The Hall–Kier alpha value is -1.94. The third kappa shape index (κ3) is 3.36. The highest BCUT2D eigenvalue weighted by Crippen LogP contribution is 2.17. The van der Waals surface area contributed by atoms with E-state index < -0.39 is 5.92 Å². The number of aromatic amines is 1. The Labute approximate surface area is 88.8 Å². The van der Waals surface area contributed by atoms with E-state index in [1.54, 1.807) is 6.20 Å².